The molecule has 0 amide bonds. The standard InChI is InChI=1S/C57H100O6/c1-4-7-10-13-16-19-22-25-27-29-32-35-38-41-44-47-50-56(59)62-53-54(52-61-55(58)49-46-43-40-37-34-31-24-21-18-15-12-9-6-3)63-57(60)51-48-45-42-39-36-33-30-28-26-23-20-17-14-11-8-5-2/h7,10,16,19,25,27-28,30-31,34,54H,4-6,8-9,11-15,17-18,20-24,26,29,32-33,35-53H2,1-3H3/b10-7-,19-16-,27-25-,30-28-,34-31-. The van der Waals surface area contributed by atoms with Crippen LogP contribution in [0.1, 0.15) is 265 Å². The maximum atomic E-state index is 12.8. The minimum Gasteiger partial charge on any atom is -0.462 e. The van der Waals surface area contributed by atoms with Crippen LogP contribution in [0.5, 0.6) is 0 Å². The van der Waals surface area contributed by atoms with Crippen molar-refractivity contribution in [3.63, 3.8) is 0 Å². The van der Waals surface area contributed by atoms with Crippen LogP contribution in [0.15, 0.2) is 60.8 Å². The van der Waals surface area contributed by atoms with Gasteiger partial charge in [-0.2, -0.15) is 0 Å². The van der Waals surface area contributed by atoms with Gasteiger partial charge in [-0.15, -0.1) is 0 Å². The molecule has 0 fully saturated rings. The van der Waals surface area contributed by atoms with E-state index in [-0.39, 0.29) is 31.1 Å². The van der Waals surface area contributed by atoms with E-state index in [4.69, 9.17) is 14.2 Å². The van der Waals surface area contributed by atoms with Crippen LogP contribution in [-0.4, -0.2) is 37.2 Å². The number of carbonyl (C=O) groups is 3. The Bertz CT molecular complexity index is 1150. The van der Waals surface area contributed by atoms with Crippen molar-refractivity contribution in [2.45, 2.75) is 271 Å². The molecule has 1 atom stereocenters. The summed E-state index contributed by atoms with van der Waals surface area (Å²) in [5.41, 5.74) is 0. The van der Waals surface area contributed by atoms with Crippen LogP contribution >= 0.6 is 0 Å². The number of esters is 3. The predicted octanol–water partition coefficient (Wildman–Crippen LogP) is 17.6. The predicted molar refractivity (Wildman–Crippen MR) is 270 cm³/mol. The van der Waals surface area contributed by atoms with Crippen molar-refractivity contribution in [2.75, 3.05) is 13.2 Å². The first-order valence-corrected chi connectivity index (χ1v) is 26.8. The van der Waals surface area contributed by atoms with E-state index in [0.29, 0.717) is 19.3 Å². The summed E-state index contributed by atoms with van der Waals surface area (Å²) in [6.07, 6.45) is 63.4. The smallest absolute Gasteiger partial charge is 0.306 e. The van der Waals surface area contributed by atoms with E-state index in [2.05, 4.69) is 81.5 Å². The van der Waals surface area contributed by atoms with Gasteiger partial charge in [-0.05, 0) is 103 Å². The molecule has 0 aliphatic carbocycles. The molecule has 364 valence electrons. The number of rotatable bonds is 48. The highest BCUT2D eigenvalue weighted by Gasteiger charge is 2.19. The third-order valence-corrected chi connectivity index (χ3v) is 11.5. The average molecular weight is 881 g/mol. The minimum absolute atomic E-state index is 0.0887. The molecule has 0 bridgehead atoms. The Balaban J connectivity index is 4.42. The summed E-state index contributed by atoms with van der Waals surface area (Å²) in [5, 5.41) is 0. The molecule has 1 unspecified atom stereocenters. The topological polar surface area (TPSA) is 78.9 Å². The van der Waals surface area contributed by atoms with Crippen molar-refractivity contribution >= 4 is 17.9 Å². The van der Waals surface area contributed by atoms with Gasteiger partial charge in [0, 0.05) is 19.3 Å². The summed E-state index contributed by atoms with van der Waals surface area (Å²) in [6.45, 7) is 6.50. The molecule has 0 heterocycles. The van der Waals surface area contributed by atoms with Gasteiger partial charge in [0.25, 0.3) is 0 Å². The molecule has 6 nitrogen and oxygen atoms in total. The van der Waals surface area contributed by atoms with Crippen molar-refractivity contribution in [2.24, 2.45) is 0 Å². The van der Waals surface area contributed by atoms with Crippen LogP contribution in [-0.2, 0) is 28.6 Å². The van der Waals surface area contributed by atoms with Crippen LogP contribution in [0.25, 0.3) is 0 Å². The fraction of sp³-hybridized carbons (Fsp3) is 0.772. The Kier molecular flexibility index (Phi) is 49.4. The summed E-state index contributed by atoms with van der Waals surface area (Å²) in [5.74, 6) is -0.919. The molecule has 0 aliphatic rings. The van der Waals surface area contributed by atoms with Crippen molar-refractivity contribution in [1.82, 2.24) is 0 Å². The lowest BCUT2D eigenvalue weighted by Gasteiger charge is -2.18. The Labute approximate surface area is 390 Å². The van der Waals surface area contributed by atoms with Crippen molar-refractivity contribution < 1.29 is 28.6 Å². The van der Waals surface area contributed by atoms with E-state index in [1.54, 1.807) is 0 Å². The zero-order valence-electron chi connectivity index (χ0n) is 41.6. The van der Waals surface area contributed by atoms with Crippen LogP contribution in [0.4, 0.5) is 0 Å². The summed E-state index contributed by atoms with van der Waals surface area (Å²) in [6, 6.07) is 0. The lowest BCUT2D eigenvalue weighted by molar-refractivity contribution is -0.167. The monoisotopic (exact) mass is 881 g/mol. The second-order valence-corrected chi connectivity index (χ2v) is 17.7. The van der Waals surface area contributed by atoms with Gasteiger partial charge in [-0.3, -0.25) is 14.4 Å². The second kappa shape index (κ2) is 51.7. The molecule has 63 heavy (non-hydrogen) atoms. The number of hydrogen-bond acceptors (Lipinski definition) is 6. The summed E-state index contributed by atoms with van der Waals surface area (Å²) in [7, 11) is 0. The number of unbranched alkanes of at least 4 members (excludes halogenated alkanes) is 27. The molecule has 0 spiro atoms. The van der Waals surface area contributed by atoms with E-state index in [1.165, 1.54) is 116 Å². The first-order valence-electron chi connectivity index (χ1n) is 26.8. The summed E-state index contributed by atoms with van der Waals surface area (Å²) in [4.78, 5) is 38.0. The molecule has 0 radical (unpaired) electrons. The van der Waals surface area contributed by atoms with E-state index < -0.39 is 6.10 Å². The number of ether oxygens (including phenoxy) is 3. The molecule has 0 saturated carbocycles. The fourth-order valence-electron chi connectivity index (χ4n) is 7.45. The maximum Gasteiger partial charge on any atom is 0.306 e. The van der Waals surface area contributed by atoms with E-state index in [9.17, 15) is 14.4 Å². The normalized spacial score (nSPS) is 12.5. The van der Waals surface area contributed by atoms with Crippen LogP contribution in [0.3, 0.4) is 0 Å². The lowest BCUT2D eigenvalue weighted by atomic mass is 10.1. The quantitative estimate of drug-likeness (QED) is 0.0262. The zero-order chi connectivity index (χ0) is 45.8. The maximum absolute atomic E-state index is 12.8. The van der Waals surface area contributed by atoms with Gasteiger partial charge in [-0.1, -0.05) is 204 Å². The van der Waals surface area contributed by atoms with Crippen molar-refractivity contribution in [1.29, 1.82) is 0 Å². The molecule has 0 aliphatic heterocycles. The largest absolute Gasteiger partial charge is 0.462 e. The molecule has 0 aromatic carbocycles. The number of allylic oxidation sites excluding steroid dienone is 10. The van der Waals surface area contributed by atoms with Gasteiger partial charge < -0.3 is 14.2 Å². The first-order chi connectivity index (χ1) is 31.0. The first kappa shape index (κ1) is 60.1. The van der Waals surface area contributed by atoms with Gasteiger partial charge in [0.1, 0.15) is 13.2 Å². The van der Waals surface area contributed by atoms with E-state index in [0.717, 1.165) is 109 Å². The fourth-order valence-corrected chi connectivity index (χ4v) is 7.45. The average Bonchev–Trinajstić information content (AvgIpc) is 3.28. The highest BCUT2D eigenvalue weighted by atomic mass is 16.6. The van der Waals surface area contributed by atoms with E-state index >= 15 is 0 Å². The Morgan fingerprint density at radius 2 is 0.619 bits per heavy atom. The van der Waals surface area contributed by atoms with Crippen molar-refractivity contribution in [3.05, 3.63) is 60.8 Å². The molecule has 0 saturated heterocycles. The third-order valence-electron chi connectivity index (χ3n) is 11.5. The van der Waals surface area contributed by atoms with Crippen LogP contribution in [0.2, 0.25) is 0 Å². The zero-order valence-corrected chi connectivity index (χ0v) is 41.6. The summed E-state index contributed by atoms with van der Waals surface area (Å²) >= 11 is 0. The molecular formula is C57H100O6. The molecule has 0 N–H and O–H groups in total. The highest BCUT2D eigenvalue weighted by Crippen LogP contribution is 2.14. The Morgan fingerprint density at radius 1 is 0.333 bits per heavy atom. The van der Waals surface area contributed by atoms with Crippen LogP contribution < -0.4 is 0 Å². The Morgan fingerprint density at radius 3 is 1.00 bits per heavy atom. The Hall–Kier alpha value is -2.89. The molecule has 0 aromatic rings. The molecule has 6 heteroatoms. The lowest BCUT2D eigenvalue weighted by Crippen LogP contribution is -2.30. The molecule has 0 aromatic heterocycles. The molecule has 0 rings (SSSR count). The van der Waals surface area contributed by atoms with E-state index in [1.807, 2.05) is 0 Å². The second-order valence-electron chi connectivity index (χ2n) is 17.7. The summed E-state index contributed by atoms with van der Waals surface area (Å²) < 4.78 is 16.8. The van der Waals surface area contributed by atoms with Crippen molar-refractivity contribution in [3.8, 4) is 0 Å². The van der Waals surface area contributed by atoms with Crippen LogP contribution in [0, 0.1) is 0 Å². The SMILES string of the molecule is CC/C=C\C/C=C\C/C=C\CCCCCCCCC(=O)OCC(COC(=O)CCCCC/C=C\CCCCCCCC)OC(=O)CCCCCCC/C=C\CCCCCCCCC. The van der Waals surface area contributed by atoms with Gasteiger partial charge >= 0.3 is 17.9 Å². The highest BCUT2D eigenvalue weighted by molar-refractivity contribution is 5.71. The van der Waals surface area contributed by atoms with Gasteiger partial charge in [0.15, 0.2) is 6.10 Å². The van der Waals surface area contributed by atoms with Gasteiger partial charge in [0.05, 0.1) is 0 Å². The van der Waals surface area contributed by atoms with Gasteiger partial charge in [-0.25, -0.2) is 0 Å². The molecular weight excluding hydrogens is 781 g/mol. The third kappa shape index (κ3) is 50.0. The minimum atomic E-state index is -0.789. The number of carbonyl (C=O) groups excluding carboxylic acids is 3. The van der Waals surface area contributed by atoms with Gasteiger partial charge in [0.2, 0.25) is 0 Å². The number of hydrogen-bond donors (Lipinski definition) is 0.